The lowest BCUT2D eigenvalue weighted by Crippen LogP contribution is -2.58. The first-order chi connectivity index (χ1) is 22.7. The molecule has 1 aromatic carbocycles. The predicted molar refractivity (Wildman–Crippen MR) is 174 cm³/mol. The Bertz CT molecular complexity index is 1300. The van der Waals surface area contributed by atoms with Crippen LogP contribution in [-0.2, 0) is 19.1 Å². The van der Waals surface area contributed by atoms with Crippen molar-refractivity contribution in [3.63, 3.8) is 0 Å². The standard InChI is InChI=1S/C35H51N3O9/c1-21(2)24-6-5-22(3)15-28(24)46-20-30(41)38(9-8-37-10-13-45-14-11-37)27-18-26(35(43)36-7-12-39)31-25-16-23(19-40)17-29(44-4)33(25)47-34(31)32(27)42/h16-19,21-22,24,27-28,31-32,34,39,42H,5-15,20H2,1-4H3,(H,36,43)/t22-,24+,27+,28-,31-,32-,34-/m0/s1. The van der Waals surface area contributed by atoms with E-state index in [0.29, 0.717) is 73.0 Å². The summed E-state index contributed by atoms with van der Waals surface area (Å²) >= 11 is 0. The van der Waals surface area contributed by atoms with Crippen LogP contribution in [0.1, 0.15) is 61.9 Å². The van der Waals surface area contributed by atoms with Crippen molar-refractivity contribution in [3.8, 4) is 11.5 Å². The number of ether oxygens (including phenoxy) is 4. The number of carbonyl (C=O) groups is 3. The fourth-order valence-electron chi connectivity index (χ4n) is 7.64. The normalized spacial score (nSPS) is 28.9. The number of nitrogens with one attached hydrogen (secondary N) is 1. The Hall–Kier alpha value is -3.03. The number of rotatable bonds is 13. The molecular weight excluding hydrogens is 606 g/mol. The highest BCUT2D eigenvalue weighted by molar-refractivity contribution is 5.96. The molecule has 12 heteroatoms. The molecule has 0 radical (unpaired) electrons. The molecule has 5 rings (SSSR count). The molecule has 0 bridgehead atoms. The molecule has 4 aliphatic rings. The third kappa shape index (κ3) is 7.83. The Balaban J connectivity index is 1.47. The molecule has 0 aromatic heterocycles. The first kappa shape index (κ1) is 35.3. The second-order valence-corrected chi connectivity index (χ2v) is 13.6. The summed E-state index contributed by atoms with van der Waals surface area (Å²) in [5.41, 5.74) is 1.17. The molecule has 2 aliphatic heterocycles. The average Bonchev–Trinajstić information content (AvgIpc) is 3.47. The summed E-state index contributed by atoms with van der Waals surface area (Å²) < 4.78 is 23.8. The van der Waals surface area contributed by atoms with Crippen LogP contribution >= 0.6 is 0 Å². The monoisotopic (exact) mass is 657 g/mol. The third-order valence-corrected chi connectivity index (χ3v) is 10.2. The van der Waals surface area contributed by atoms with Crippen LogP contribution in [0.3, 0.4) is 0 Å². The molecule has 0 spiro atoms. The lowest BCUT2D eigenvalue weighted by Gasteiger charge is -2.42. The topological polar surface area (TPSA) is 147 Å². The molecule has 2 heterocycles. The fraction of sp³-hybridized carbons (Fsp3) is 0.686. The van der Waals surface area contributed by atoms with E-state index >= 15 is 0 Å². The molecule has 12 nitrogen and oxygen atoms in total. The zero-order valence-corrected chi connectivity index (χ0v) is 28.1. The van der Waals surface area contributed by atoms with Gasteiger partial charge in [0.1, 0.15) is 25.1 Å². The first-order valence-corrected chi connectivity index (χ1v) is 17.0. The van der Waals surface area contributed by atoms with Crippen molar-refractivity contribution in [2.24, 2.45) is 17.8 Å². The number of aliphatic hydroxyl groups excluding tert-OH is 2. The summed E-state index contributed by atoms with van der Waals surface area (Å²) in [4.78, 5) is 43.5. The van der Waals surface area contributed by atoms with E-state index < -0.39 is 30.1 Å². The number of benzene rings is 1. The molecule has 7 atom stereocenters. The van der Waals surface area contributed by atoms with Crippen molar-refractivity contribution in [1.82, 2.24) is 15.1 Å². The number of hydrogen-bond donors (Lipinski definition) is 3. The van der Waals surface area contributed by atoms with Gasteiger partial charge in [0.05, 0.1) is 45.0 Å². The van der Waals surface area contributed by atoms with Gasteiger partial charge in [-0.15, -0.1) is 0 Å². The van der Waals surface area contributed by atoms with Gasteiger partial charge in [-0.2, -0.15) is 0 Å². The van der Waals surface area contributed by atoms with Crippen LogP contribution in [0.5, 0.6) is 11.5 Å². The van der Waals surface area contributed by atoms with E-state index in [1.807, 2.05) is 0 Å². The van der Waals surface area contributed by atoms with Crippen molar-refractivity contribution < 1.29 is 43.5 Å². The number of aldehydes is 1. The molecule has 0 unspecified atom stereocenters. The summed E-state index contributed by atoms with van der Waals surface area (Å²) in [5.74, 6) is 0.502. The van der Waals surface area contributed by atoms with Crippen LogP contribution in [0, 0.1) is 17.8 Å². The van der Waals surface area contributed by atoms with E-state index in [2.05, 4.69) is 31.0 Å². The SMILES string of the molecule is COc1cc(C=O)cc2c1O[C@@H]1[C@@H](O)[C@H](N(CCN3CCOCC3)C(=O)CO[C@H]3C[C@@H](C)CC[C@@H]3C(C)C)C=C(C(=O)NCCO)[C@H]21. The minimum absolute atomic E-state index is 0.0243. The van der Waals surface area contributed by atoms with Gasteiger partial charge in [0.2, 0.25) is 11.8 Å². The van der Waals surface area contributed by atoms with Crippen LogP contribution in [0.15, 0.2) is 23.8 Å². The summed E-state index contributed by atoms with van der Waals surface area (Å²) in [6.07, 6.45) is 3.26. The number of amides is 2. The molecule has 2 fully saturated rings. The first-order valence-electron chi connectivity index (χ1n) is 17.0. The maximum atomic E-state index is 14.2. The van der Waals surface area contributed by atoms with Gasteiger partial charge in [0.25, 0.3) is 0 Å². The molecule has 1 saturated heterocycles. The van der Waals surface area contributed by atoms with Gasteiger partial charge in [-0.3, -0.25) is 19.3 Å². The van der Waals surface area contributed by atoms with Gasteiger partial charge in [-0.25, -0.2) is 0 Å². The van der Waals surface area contributed by atoms with Crippen LogP contribution in [0.4, 0.5) is 0 Å². The molecule has 3 N–H and O–H groups in total. The van der Waals surface area contributed by atoms with E-state index in [1.54, 1.807) is 23.1 Å². The smallest absolute Gasteiger partial charge is 0.249 e. The average molecular weight is 658 g/mol. The van der Waals surface area contributed by atoms with Crippen LogP contribution in [0.2, 0.25) is 0 Å². The van der Waals surface area contributed by atoms with Gasteiger partial charge in [0.15, 0.2) is 11.5 Å². The summed E-state index contributed by atoms with van der Waals surface area (Å²) in [7, 11) is 1.46. The molecule has 1 aromatic rings. The molecular formula is C35H51N3O9. The van der Waals surface area contributed by atoms with E-state index in [0.717, 1.165) is 32.4 Å². The number of nitrogens with zero attached hydrogens (tertiary/aromatic N) is 2. The second-order valence-electron chi connectivity index (χ2n) is 13.6. The van der Waals surface area contributed by atoms with E-state index in [-0.39, 0.29) is 37.3 Å². The largest absolute Gasteiger partial charge is 0.493 e. The van der Waals surface area contributed by atoms with Crippen LogP contribution < -0.4 is 14.8 Å². The molecule has 260 valence electrons. The van der Waals surface area contributed by atoms with Gasteiger partial charge in [-0.1, -0.05) is 27.2 Å². The van der Waals surface area contributed by atoms with Gasteiger partial charge >= 0.3 is 0 Å². The van der Waals surface area contributed by atoms with Crippen molar-refractivity contribution in [3.05, 3.63) is 34.9 Å². The number of morpholine rings is 1. The number of hydrogen-bond acceptors (Lipinski definition) is 10. The summed E-state index contributed by atoms with van der Waals surface area (Å²) in [5, 5.41) is 24.2. The van der Waals surface area contributed by atoms with Crippen molar-refractivity contribution in [1.29, 1.82) is 0 Å². The number of carbonyl (C=O) groups excluding carboxylic acids is 3. The Labute approximate surface area is 277 Å². The highest BCUT2D eigenvalue weighted by atomic mass is 16.5. The van der Waals surface area contributed by atoms with Crippen LogP contribution in [0.25, 0.3) is 0 Å². The van der Waals surface area contributed by atoms with Crippen molar-refractivity contribution in [2.45, 2.75) is 70.3 Å². The molecule has 2 amide bonds. The van der Waals surface area contributed by atoms with Crippen LogP contribution in [-0.4, -0.2) is 129 Å². The Morgan fingerprint density at radius 1 is 1.21 bits per heavy atom. The Morgan fingerprint density at radius 2 is 1.98 bits per heavy atom. The highest BCUT2D eigenvalue weighted by Crippen LogP contribution is 2.51. The number of fused-ring (bicyclic) bond motifs is 3. The van der Waals surface area contributed by atoms with E-state index in [1.165, 1.54) is 7.11 Å². The zero-order chi connectivity index (χ0) is 33.7. The number of aliphatic hydroxyl groups is 2. The van der Waals surface area contributed by atoms with E-state index in [9.17, 15) is 24.6 Å². The Morgan fingerprint density at radius 3 is 2.66 bits per heavy atom. The predicted octanol–water partition coefficient (Wildman–Crippen LogP) is 1.77. The fourth-order valence-corrected chi connectivity index (χ4v) is 7.64. The molecule has 2 aliphatic carbocycles. The quantitative estimate of drug-likeness (QED) is 0.268. The lowest BCUT2D eigenvalue weighted by atomic mass is 9.75. The van der Waals surface area contributed by atoms with Gasteiger partial charge < -0.3 is 39.4 Å². The van der Waals surface area contributed by atoms with E-state index in [4.69, 9.17) is 18.9 Å². The van der Waals surface area contributed by atoms with Gasteiger partial charge in [0, 0.05) is 49.4 Å². The minimum Gasteiger partial charge on any atom is -0.493 e. The zero-order valence-electron chi connectivity index (χ0n) is 28.1. The summed E-state index contributed by atoms with van der Waals surface area (Å²) in [6.45, 7) is 9.77. The Kier molecular flexibility index (Phi) is 11.9. The summed E-state index contributed by atoms with van der Waals surface area (Å²) in [6, 6.07) is 2.29. The maximum Gasteiger partial charge on any atom is 0.249 e. The number of methoxy groups -OCH3 is 1. The van der Waals surface area contributed by atoms with Crippen molar-refractivity contribution in [2.75, 3.05) is 66.3 Å². The van der Waals surface area contributed by atoms with Gasteiger partial charge in [-0.05, 0) is 48.8 Å². The van der Waals surface area contributed by atoms with Crippen molar-refractivity contribution >= 4 is 18.1 Å². The highest BCUT2D eigenvalue weighted by Gasteiger charge is 2.51. The molecule has 1 saturated carbocycles. The molecule has 47 heavy (non-hydrogen) atoms. The minimum atomic E-state index is -1.21. The maximum absolute atomic E-state index is 14.2. The second kappa shape index (κ2) is 15.9. The third-order valence-electron chi connectivity index (χ3n) is 10.2. The lowest BCUT2D eigenvalue weighted by molar-refractivity contribution is -0.147.